The number of dihydropyridines is 1. The zero-order chi connectivity index (χ0) is 16.4. The molecule has 0 aliphatic carbocycles. The van der Waals surface area contributed by atoms with Gasteiger partial charge in [0.15, 0.2) is 0 Å². The van der Waals surface area contributed by atoms with Crippen LogP contribution < -0.4 is 11.1 Å². The van der Waals surface area contributed by atoms with Gasteiger partial charge in [0.05, 0.1) is 0 Å². The average molecular weight is 316 g/mol. The van der Waals surface area contributed by atoms with Crippen molar-refractivity contribution in [3.63, 3.8) is 0 Å². The molecule has 0 spiro atoms. The zero-order valence-electron chi connectivity index (χ0n) is 13.4. The maximum atomic E-state index is 6.46. The van der Waals surface area contributed by atoms with E-state index in [2.05, 4.69) is 45.6 Å². The average Bonchev–Trinajstić information content (AvgIpc) is 3.01. The highest BCUT2D eigenvalue weighted by molar-refractivity contribution is 5.79. The predicted molar refractivity (Wildman–Crippen MR) is 97.2 cm³/mol. The van der Waals surface area contributed by atoms with E-state index in [1.807, 2.05) is 36.7 Å². The molecular formula is C20H20N4. The van der Waals surface area contributed by atoms with Crippen molar-refractivity contribution in [1.29, 1.82) is 0 Å². The summed E-state index contributed by atoms with van der Waals surface area (Å²) in [5, 5.41) is 4.52. The second kappa shape index (κ2) is 5.98. The molecule has 4 heteroatoms. The van der Waals surface area contributed by atoms with E-state index < -0.39 is 5.66 Å². The van der Waals surface area contributed by atoms with Gasteiger partial charge in [-0.25, -0.2) is 4.98 Å². The van der Waals surface area contributed by atoms with Gasteiger partial charge in [-0.3, -0.25) is 0 Å². The van der Waals surface area contributed by atoms with Crippen LogP contribution in [0.3, 0.4) is 0 Å². The van der Waals surface area contributed by atoms with Crippen LogP contribution in [0, 0.1) is 0 Å². The van der Waals surface area contributed by atoms with Gasteiger partial charge in [-0.2, -0.15) is 0 Å². The lowest BCUT2D eigenvalue weighted by molar-refractivity contribution is 0.463. The van der Waals surface area contributed by atoms with E-state index in [4.69, 9.17) is 5.73 Å². The van der Waals surface area contributed by atoms with Gasteiger partial charge in [0.2, 0.25) is 0 Å². The Morgan fingerprint density at radius 1 is 1.08 bits per heavy atom. The van der Waals surface area contributed by atoms with Gasteiger partial charge in [0.1, 0.15) is 11.3 Å². The van der Waals surface area contributed by atoms with Crippen molar-refractivity contribution >= 4 is 11.0 Å². The van der Waals surface area contributed by atoms with Crippen molar-refractivity contribution in [2.45, 2.75) is 18.5 Å². The van der Waals surface area contributed by atoms with Crippen molar-refractivity contribution in [2.75, 3.05) is 0 Å². The van der Waals surface area contributed by atoms with Crippen LogP contribution in [0.1, 0.15) is 11.1 Å². The van der Waals surface area contributed by atoms with Crippen LogP contribution in [-0.4, -0.2) is 15.6 Å². The van der Waals surface area contributed by atoms with E-state index in [9.17, 15) is 0 Å². The minimum Gasteiger partial charge on any atom is -0.370 e. The first-order valence-electron chi connectivity index (χ1n) is 8.12. The Hall–Kier alpha value is -2.85. The third-order valence-corrected chi connectivity index (χ3v) is 4.39. The van der Waals surface area contributed by atoms with Gasteiger partial charge in [0, 0.05) is 36.8 Å². The molecule has 1 aliphatic heterocycles. The SMILES string of the molecule is NC1(Cc2ccccc2)C=CC(Cc2c[nH]c3ncccc23)=CN1. The Kier molecular flexibility index (Phi) is 3.67. The second-order valence-electron chi connectivity index (χ2n) is 6.29. The molecule has 4 nitrogen and oxygen atoms in total. The number of hydrogen-bond donors (Lipinski definition) is 3. The summed E-state index contributed by atoms with van der Waals surface area (Å²) in [6, 6.07) is 14.4. The van der Waals surface area contributed by atoms with Gasteiger partial charge >= 0.3 is 0 Å². The fourth-order valence-corrected chi connectivity index (χ4v) is 3.11. The standard InChI is InChI=1S/C20H20N4/c21-20(12-15-5-2-1-3-6-15)9-8-16(13-24-20)11-17-14-23-19-18(17)7-4-10-22-19/h1-10,13-14,24H,11-12,21H2,(H,22,23). The Balaban J connectivity index is 1.48. The highest BCUT2D eigenvalue weighted by Crippen LogP contribution is 2.22. The van der Waals surface area contributed by atoms with E-state index in [-0.39, 0.29) is 0 Å². The molecule has 1 unspecified atom stereocenters. The van der Waals surface area contributed by atoms with Crippen LogP contribution in [-0.2, 0) is 12.8 Å². The lowest BCUT2D eigenvalue weighted by Crippen LogP contribution is -2.52. The fourth-order valence-electron chi connectivity index (χ4n) is 3.11. The van der Waals surface area contributed by atoms with Crippen LogP contribution in [0.4, 0.5) is 0 Å². The van der Waals surface area contributed by atoms with Gasteiger partial charge in [0.25, 0.3) is 0 Å². The maximum absolute atomic E-state index is 6.46. The normalized spacial score (nSPS) is 20.0. The van der Waals surface area contributed by atoms with Crippen molar-refractivity contribution in [3.05, 3.63) is 89.9 Å². The van der Waals surface area contributed by atoms with E-state index in [1.165, 1.54) is 22.1 Å². The molecule has 3 aromatic rings. The fraction of sp³-hybridized carbons (Fsp3) is 0.150. The number of pyridine rings is 1. The molecule has 0 bridgehead atoms. The molecule has 1 aromatic carbocycles. The first-order valence-corrected chi connectivity index (χ1v) is 8.12. The summed E-state index contributed by atoms with van der Waals surface area (Å²) in [5.74, 6) is 0. The topological polar surface area (TPSA) is 66.7 Å². The Morgan fingerprint density at radius 2 is 1.96 bits per heavy atom. The molecule has 24 heavy (non-hydrogen) atoms. The Morgan fingerprint density at radius 3 is 2.75 bits per heavy atom. The van der Waals surface area contributed by atoms with E-state index in [1.54, 1.807) is 6.20 Å². The predicted octanol–water partition coefficient (Wildman–Crippen LogP) is 3.05. The third kappa shape index (κ3) is 2.96. The van der Waals surface area contributed by atoms with E-state index in [0.29, 0.717) is 0 Å². The Bertz CT molecular complexity index is 908. The van der Waals surface area contributed by atoms with Gasteiger partial charge in [-0.15, -0.1) is 0 Å². The lowest BCUT2D eigenvalue weighted by atomic mass is 9.95. The number of hydrogen-bond acceptors (Lipinski definition) is 3. The molecule has 0 saturated heterocycles. The number of benzene rings is 1. The Labute approximate surface area is 141 Å². The number of nitrogens with two attached hydrogens (primary N) is 1. The summed E-state index contributed by atoms with van der Waals surface area (Å²) >= 11 is 0. The summed E-state index contributed by atoms with van der Waals surface area (Å²) < 4.78 is 0. The van der Waals surface area contributed by atoms with Crippen LogP contribution in [0.25, 0.3) is 11.0 Å². The van der Waals surface area contributed by atoms with E-state index in [0.717, 1.165) is 18.5 Å². The number of nitrogens with zero attached hydrogens (tertiary/aromatic N) is 1. The van der Waals surface area contributed by atoms with Crippen LogP contribution in [0.2, 0.25) is 0 Å². The summed E-state index contributed by atoms with van der Waals surface area (Å²) in [4.78, 5) is 7.56. The van der Waals surface area contributed by atoms with Crippen molar-refractivity contribution in [3.8, 4) is 0 Å². The monoisotopic (exact) mass is 316 g/mol. The first-order chi connectivity index (χ1) is 11.7. The molecule has 1 aliphatic rings. The molecule has 0 saturated carbocycles. The van der Waals surface area contributed by atoms with Crippen LogP contribution >= 0.6 is 0 Å². The number of aromatic nitrogens is 2. The molecular weight excluding hydrogens is 296 g/mol. The number of fused-ring (bicyclic) bond motifs is 1. The molecule has 0 fully saturated rings. The largest absolute Gasteiger partial charge is 0.370 e. The van der Waals surface area contributed by atoms with Crippen molar-refractivity contribution in [2.24, 2.45) is 5.73 Å². The molecule has 0 amide bonds. The minimum absolute atomic E-state index is 0.535. The third-order valence-electron chi connectivity index (χ3n) is 4.39. The van der Waals surface area contributed by atoms with E-state index >= 15 is 0 Å². The number of rotatable bonds is 4. The second-order valence-corrected chi connectivity index (χ2v) is 6.29. The van der Waals surface area contributed by atoms with Crippen LogP contribution in [0.5, 0.6) is 0 Å². The lowest BCUT2D eigenvalue weighted by Gasteiger charge is -2.30. The van der Waals surface area contributed by atoms with Crippen LogP contribution in [0.15, 0.2) is 78.8 Å². The molecule has 120 valence electrons. The van der Waals surface area contributed by atoms with Gasteiger partial charge in [-0.05, 0) is 34.9 Å². The molecule has 4 N–H and O–H groups in total. The summed E-state index contributed by atoms with van der Waals surface area (Å²) in [7, 11) is 0. The smallest absolute Gasteiger partial charge is 0.137 e. The number of aromatic amines is 1. The van der Waals surface area contributed by atoms with Gasteiger partial charge < -0.3 is 16.0 Å². The molecule has 0 radical (unpaired) electrons. The molecule has 2 aromatic heterocycles. The molecule has 3 heterocycles. The van der Waals surface area contributed by atoms with Crippen molar-refractivity contribution in [1.82, 2.24) is 15.3 Å². The highest BCUT2D eigenvalue weighted by Gasteiger charge is 2.23. The zero-order valence-corrected chi connectivity index (χ0v) is 13.4. The number of H-pyrrole nitrogens is 1. The minimum atomic E-state index is -0.535. The summed E-state index contributed by atoms with van der Waals surface area (Å²) in [5.41, 5.74) is 10.5. The number of nitrogens with one attached hydrogen (secondary N) is 2. The summed E-state index contributed by atoms with van der Waals surface area (Å²) in [6.45, 7) is 0. The highest BCUT2D eigenvalue weighted by atomic mass is 15.1. The van der Waals surface area contributed by atoms with Crippen molar-refractivity contribution < 1.29 is 0 Å². The molecule has 4 rings (SSSR count). The molecule has 1 atom stereocenters. The van der Waals surface area contributed by atoms with Gasteiger partial charge in [-0.1, -0.05) is 36.4 Å². The first kappa shape index (κ1) is 14.7. The maximum Gasteiger partial charge on any atom is 0.137 e. The summed E-state index contributed by atoms with van der Waals surface area (Å²) in [6.07, 6.45) is 11.6. The number of allylic oxidation sites excluding steroid dienone is 2. The quantitative estimate of drug-likeness (QED) is 0.693.